The van der Waals surface area contributed by atoms with E-state index in [1.54, 1.807) is 13.8 Å². The van der Waals surface area contributed by atoms with Crippen LogP contribution in [-0.2, 0) is 28.5 Å². The normalized spacial score (nSPS) is 38.9. The zero-order chi connectivity index (χ0) is 13.6. The highest BCUT2D eigenvalue weighted by atomic mass is 32.2. The summed E-state index contributed by atoms with van der Waals surface area (Å²) in [5, 5.41) is 8.94. The lowest BCUT2D eigenvalue weighted by atomic mass is 10.1. The van der Waals surface area contributed by atoms with Crippen LogP contribution in [-0.4, -0.2) is 56.8 Å². The largest absolute Gasteiger partial charge is 0.396 e. The van der Waals surface area contributed by atoms with E-state index in [1.807, 2.05) is 0 Å². The Balaban J connectivity index is 2.15. The number of rotatable bonds is 4. The van der Waals surface area contributed by atoms with Crippen molar-refractivity contribution in [3.63, 3.8) is 0 Å². The van der Waals surface area contributed by atoms with E-state index in [4.69, 9.17) is 23.5 Å². The summed E-state index contributed by atoms with van der Waals surface area (Å²) in [7, 11) is -3.63. The summed E-state index contributed by atoms with van der Waals surface area (Å²) in [5.74, 6) is -0.835. The van der Waals surface area contributed by atoms with Crippen LogP contribution in [0.1, 0.15) is 20.3 Å². The lowest BCUT2D eigenvalue weighted by molar-refractivity contribution is -0.214. The third-order valence-corrected chi connectivity index (χ3v) is 3.36. The third-order valence-electron chi connectivity index (χ3n) is 2.79. The first-order valence-corrected chi connectivity index (χ1v) is 7.54. The average Bonchev–Trinajstić information content (AvgIpc) is 2.60. The second-order valence-corrected chi connectivity index (χ2v) is 6.52. The third kappa shape index (κ3) is 3.01. The lowest BCUT2D eigenvalue weighted by Gasteiger charge is -2.24. The molecule has 0 bridgehead atoms. The molecular formula is C10H18O7S. The van der Waals surface area contributed by atoms with Gasteiger partial charge in [0.15, 0.2) is 12.1 Å². The molecule has 4 atom stereocenters. The molecule has 2 rings (SSSR count). The Labute approximate surface area is 106 Å². The van der Waals surface area contributed by atoms with Crippen LogP contribution in [0.5, 0.6) is 0 Å². The highest BCUT2D eigenvalue weighted by molar-refractivity contribution is 7.86. The number of hydrogen-bond donors (Lipinski definition) is 1. The Morgan fingerprint density at radius 3 is 2.56 bits per heavy atom. The van der Waals surface area contributed by atoms with E-state index in [9.17, 15) is 8.42 Å². The fourth-order valence-corrected chi connectivity index (χ4v) is 2.86. The maximum atomic E-state index is 11.3. The van der Waals surface area contributed by atoms with Crippen LogP contribution in [0.4, 0.5) is 0 Å². The molecule has 0 saturated carbocycles. The molecule has 0 spiro atoms. The Kier molecular flexibility index (Phi) is 3.69. The van der Waals surface area contributed by atoms with Crippen molar-refractivity contribution in [2.24, 2.45) is 0 Å². The van der Waals surface area contributed by atoms with E-state index in [1.165, 1.54) is 0 Å². The molecule has 2 aliphatic heterocycles. The van der Waals surface area contributed by atoms with Gasteiger partial charge in [0.05, 0.1) is 12.4 Å². The number of ether oxygens (including phenoxy) is 3. The quantitative estimate of drug-likeness (QED) is 0.701. The average molecular weight is 282 g/mol. The predicted octanol–water partition coefficient (Wildman–Crippen LogP) is -0.410. The Morgan fingerprint density at radius 2 is 2.00 bits per heavy atom. The summed E-state index contributed by atoms with van der Waals surface area (Å²) >= 11 is 0. The van der Waals surface area contributed by atoms with Crippen molar-refractivity contribution in [1.29, 1.82) is 0 Å². The van der Waals surface area contributed by atoms with E-state index in [0.717, 1.165) is 6.26 Å². The van der Waals surface area contributed by atoms with Crippen molar-refractivity contribution in [1.82, 2.24) is 0 Å². The van der Waals surface area contributed by atoms with Gasteiger partial charge in [0.1, 0.15) is 12.2 Å². The van der Waals surface area contributed by atoms with Gasteiger partial charge >= 0.3 is 0 Å². The molecule has 8 heteroatoms. The van der Waals surface area contributed by atoms with Crippen molar-refractivity contribution in [3.05, 3.63) is 0 Å². The monoisotopic (exact) mass is 282 g/mol. The topological polar surface area (TPSA) is 91.3 Å². The highest BCUT2D eigenvalue weighted by Gasteiger charge is 2.56. The summed E-state index contributed by atoms with van der Waals surface area (Å²) in [5.41, 5.74) is 0. The summed E-state index contributed by atoms with van der Waals surface area (Å²) in [4.78, 5) is 0. The first kappa shape index (κ1) is 14.2. The molecule has 18 heavy (non-hydrogen) atoms. The van der Waals surface area contributed by atoms with Crippen molar-refractivity contribution in [2.45, 2.75) is 50.7 Å². The summed E-state index contributed by atoms with van der Waals surface area (Å²) < 4.78 is 44.1. The zero-order valence-corrected chi connectivity index (χ0v) is 11.3. The molecular weight excluding hydrogens is 264 g/mol. The van der Waals surface area contributed by atoms with Gasteiger partial charge in [0.25, 0.3) is 10.1 Å². The molecule has 2 saturated heterocycles. The van der Waals surface area contributed by atoms with Gasteiger partial charge in [0, 0.05) is 6.61 Å². The van der Waals surface area contributed by atoms with Crippen molar-refractivity contribution in [2.75, 3.05) is 12.9 Å². The van der Waals surface area contributed by atoms with Gasteiger partial charge in [0.2, 0.25) is 0 Å². The van der Waals surface area contributed by atoms with Gasteiger partial charge < -0.3 is 19.3 Å². The Morgan fingerprint density at radius 1 is 1.33 bits per heavy atom. The smallest absolute Gasteiger partial charge is 0.264 e. The highest BCUT2D eigenvalue weighted by Crippen LogP contribution is 2.39. The lowest BCUT2D eigenvalue weighted by Crippen LogP contribution is -2.38. The molecule has 106 valence electrons. The van der Waals surface area contributed by atoms with Crippen molar-refractivity contribution >= 4 is 10.1 Å². The minimum atomic E-state index is -3.63. The van der Waals surface area contributed by atoms with Gasteiger partial charge in [-0.05, 0) is 20.3 Å². The zero-order valence-electron chi connectivity index (χ0n) is 10.5. The standard InChI is InChI=1S/C10H18O7S/c1-10(2)15-8-7(17-18(3,12)13)6(4-5-11)14-9(8)16-10/h6-9,11H,4-5H2,1-3H3/t6-,7+,8-,9-/m1/s1. The van der Waals surface area contributed by atoms with E-state index in [2.05, 4.69) is 0 Å². The molecule has 0 unspecified atom stereocenters. The molecule has 7 nitrogen and oxygen atoms in total. The SMILES string of the molecule is CC1(C)O[C@H]2O[C@H](CCO)[C@H](OS(C)(=O)=O)[C@H]2O1. The minimum Gasteiger partial charge on any atom is -0.396 e. The van der Waals surface area contributed by atoms with Gasteiger partial charge in [-0.2, -0.15) is 8.42 Å². The van der Waals surface area contributed by atoms with Crippen LogP contribution in [0.25, 0.3) is 0 Å². The second-order valence-electron chi connectivity index (χ2n) is 4.92. The molecule has 0 aromatic heterocycles. The fourth-order valence-electron chi connectivity index (χ4n) is 2.22. The fraction of sp³-hybridized carbons (Fsp3) is 1.00. The molecule has 0 aromatic carbocycles. The van der Waals surface area contributed by atoms with Gasteiger partial charge in [-0.3, -0.25) is 4.18 Å². The molecule has 2 aliphatic rings. The first-order chi connectivity index (χ1) is 8.22. The molecule has 2 heterocycles. The van der Waals surface area contributed by atoms with Crippen LogP contribution in [0.2, 0.25) is 0 Å². The van der Waals surface area contributed by atoms with Crippen LogP contribution in [0.15, 0.2) is 0 Å². The Bertz CT molecular complexity index is 404. The van der Waals surface area contributed by atoms with Crippen LogP contribution >= 0.6 is 0 Å². The molecule has 2 fully saturated rings. The van der Waals surface area contributed by atoms with Crippen LogP contribution in [0, 0.1) is 0 Å². The molecule has 0 amide bonds. The number of hydrogen-bond acceptors (Lipinski definition) is 7. The van der Waals surface area contributed by atoms with Gasteiger partial charge in [-0.1, -0.05) is 0 Å². The van der Waals surface area contributed by atoms with Crippen molar-refractivity contribution < 1.29 is 31.9 Å². The van der Waals surface area contributed by atoms with E-state index >= 15 is 0 Å². The van der Waals surface area contributed by atoms with Crippen LogP contribution in [0.3, 0.4) is 0 Å². The predicted molar refractivity (Wildman–Crippen MR) is 60.1 cm³/mol. The van der Waals surface area contributed by atoms with Crippen LogP contribution < -0.4 is 0 Å². The molecule has 0 radical (unpaired) electrons. The van der Waals surface area contributed by atoms with E-state index in [0.29, 0.717) is 0 Å². The first-order valence-electron chi connectivity index (χ1n) is 5.72. The number of fused-ring (bicyclic) bond motifs is 1. The summed E-state index contributed by atoms with van der Waals surface area (Å²) in [6.45, 7) is 3.30. The molecule has 0 aromatic rings. The van der Waals surface area contributed by atoms with Gasteiger partial charge in [-0.15, -0.1) is 0 Å². The summed E-state index contributed by atoms with van der Waals surface area (Å²) in [6.07, 6.45) is -1.39. The number of aliphatic hydroxyl groups excluding tert-OH is 1. The number of aliphatic hydroxyl groups is 1. The van der Waals surface area contributed by atoms with Gasteiger partial charge in [-0.25, -0.2) is 0 Å². The maximum absolute atomic E-state index is 11.3. The molecule has 1 N–H and O–H groups in total. The van der Waals surface area contributed by atoms with Crippen molar-refractivity contribution in [3.8, 4) is 0 Å². The second kappa shape index (κ2) is 4.69. The van der Waals surface area contributed by atoms with E-state index in [-0.39, 0.29) is 13.0 Å². The molecule has 0 aliphatic carbocycles. The van der Waals surface area contributed by atoms with E-state index < -0.39 is 40.5 Å². The summed E-state index contributed by atoms with van der Waals surface area (Å²) in [6, 6.07) is 0. The Hall–Kier alpha value is -0.250. The maximum Gasteiger partial charge on any atom is 0.264 e. The minimum absolute atomic E-state index is 0.128.